The molecule has 1 aliphatic rings. The third-order valence-corrected chi connectivity index (χ3v) is 5.70. The summed E-state index contributed by atoms with van der Waals surface area (Å²) >= 11 is 0. The van der Waals surface area contributed by atoms with Crippen molar-refractivity contribution in [2.45, 2.75) is 32.4 Å². The molecule has 7 nitrogen and oxygen atoms in total. The van der Waals surface area contributed by atoms with Crippen molar-refractivity contribution >= 4 is 0 Å². The van der Waals surface area contributed by atoms with Crippen molar-refractivity contribution in [1.82, 2.24) is 14.5 Å². The smallest absolute Gasteiger partial charge is 0.328 e. The van der Waals surface area contributed by atoms with Crippen LogP contribution in [0.5, 0.6) is 17.2 Å². The average Bonchev–Trinajstić information content (AvgIpc) is 2.78. The minimum absolute atomic E-state index is 0.115. The minimum Gasteiger partial charge on any atom is -0.497 e. The Balaban J connectivity index is 1.36. The molecule has 0 bridgehead atoms. The number of nitrogens with zero attached hydrogens (tertiary/aromatic N) is 2. The number of piperidine rings is 1. The van der Waals surface area contributed by atoms with E-state index in [0.29, 0.717) is 5.56 Å². The summed E-state index contributed by atoms with van der Waals surface area (Å²) in [7, 11) is 1.64. The SMILES string of the molecule is COc1ccc(Oc2cccc(CN3CCC(n4cc(C)c(=O)[nH]c4=O)CC3)c2)cc1. The molecule has 1 fully saturated rings. The lowest BCUT2D eigenvalue weighted by molar-refractivity contribution is 0.176. The monoisotopic (exact) mass is 421 g/mol. The zero-order chi connectivity index (χ0) is 21.8. The Labute approximate surface area is 180 Å². The normalized spacial score (nSPS) is 15.0. The summed E-state index contributed by atoms with van der Waals surface area (Å²) in [4.78, 5) is 28.6. The fourth-order valence-electron chi connectivity index (χ4n) is 3.96. The van der Waals surface area contributed by atoms with Gasteiger partial charge in [-0.1, -0.05) is 12.1 Å². The molecule has 3 aromatic rings. The van der Waals surface area contributed by atoms with Crippen LogP contribution in [0.3, 0.4) is 0 Å². The van der Waals surface area contributed by atoms with Crippen LogP contribution in [0.2, 0.25) is 0 Å². The van der Waals surface area contributed by atoms with Crippen LogP contribution in [0.1, 0.15) is 30.0 Å². The highest BCUT2D eigenvalue weighted by Crippen LogP contribution is 2.26. The number of aromatic amines is 1. The van der Waals surface area contributed by atoms with Crippen molar-refractivity contribution < 1.29 is 9.47 Å². The van der Waals surface area contributed by atoms with E-state index in [0.717, 1.165) is 49.7 Å². The molecule has 1 aromatic heterocycles. The van der Waals surface area contributed by atoms with Gasteiger partial charge in [0.1, 0.15) is 17.2 Å². The summed E-state index contributed by atoms with van der Waals surface area (Å²) in [6.07, 6.45) is 3.42. The third kappa shape index (κ3) is 5.06. The highest BCUT2D eigenvalue weighted by Gasteiger charge is 2.22. The highest BCUT2D eigenvalue weighted by atomic mass is 16.5. The number of aromatic nitrogens is 2. The number of benzene rings is 2. The number of hydrogen-bond acceptors (Lipinski definition) is 5. The van der Waals surface area contributed by atoms with E-state index in [4.69, 9.17) is 9.47 Å². The van der Waals surface area contributed by atoms with Crippen molar-refractivity contribution in [3.05, 3.63) is 86.7 Å². The van der Waals surface area contributed by atoms with Gasteiger partial charge in [-0.15, -0.1) is 0 Å². The molecule has 0 saturated carbocycles. The zero-order valence-corrected chi connectivity index (χ0v) is 17.8. The summed E-state index contributed by atoms with van der Waals surface area (Å²) in [5.74, 6) is 2.36. The number of nitrogens with one attached hydrogen (secondary N) is 1. The topological polar surface area (TPSA) is 76.6 Å². The number of rotatable bonds is 6. The van der Waals surface area contributed by atoms with Gasteiger partial charge in [0, 0.05) is 37.4 Å². The van der Waals surface area contributed by atoms with Gasteiger partial charge in [-0.3, -0.25) is 19.2 Å². The lowest BCUT2D eigenvalue weighted by Crippen LogP contribution is -2.39. The summed E-state index contributed by atoms with van der Waals surface area (Å²) in [5, 5.41) is 0. The summed E-state index contributed by atoms with van der Waals surface area (Å²) in [6, 6.07) is 15.7. The van der Waals surface area contributed by atoms with Gasteiger partial charge in [-0.25, -0.2) is 4.79 Å². The van der Waals surface area contributed by atoms with Gasteiger partial charge in [0.05, 0.1) is 7.11 Å². The van der Waals surface area contributed by atoms with E-state index in [1.165, 1.54) is 5.56 Å². The van der Waals surface area contributed by atoms with E-state index in [-0.39, 0.29) is 17.3 Å². The lowest BCUT2D eigenvalue weighted by atomic mass is 10.0. The van der Waals surface area contributed by atoms with E-state index in [2.05, 4.69) is 22.0 Å². The van der Waals surface area contributed by atoms with Gasteiger partial charge in [0.25, 0.3) is 5.56 Å². The molecule has 0 aliphatic carbocycles. The van der Waals surface area contributed by atoms with E-state index in [1.807, 2.05) is 36.4 Å². The standard InChI is InChI=1S/C24H27N3O4/c1-17-15-27(24(29)25-23(17)28)19-10-12-26(13-11-19)16-18-4-3-5-22(14-18)31-21-8-6-20(30-2)7-9-21/h3-9,14-15,19H,10-13,16H2,1-2H3,(H,25,28,29). The van der Waals surface area contributed by atoms with Gasteiger partial charge in [-0.2, -0.15) is 0 Å². The van der Waals surface area contributed by atoms with Crippen LogP contribution in [0.15, 0.2) is 64.3 Å². The Morgan fingerprint density at radius 2 is 1.71 bits per heavy atom. The molecule has 1 aliphatic heterocycles. The number of likely N-dealkylation sites (tertiary alicyclic amines) is 1. The second kappa shape index (κ2) is 9.22. The first-order valence-corrected chi connectivity index (χ1v) is 10.5. The predicted molar refractivity (Wildman–Crippen MR) is 119 cm³/mol. The molecule has 0 atom stereocenters. The average molecular weight is 421 g/mol. The molecular formula is C24H27N3O4. The number of ether oxygens (including phenoxy) is 2. The molecule has 7 heteroatoms. The Morgan fingerprint density at radius 3 is 2.42 bits per heavy atom. The lowest BCUT2D eigenvalue weighted by Gasteiger charge is -2.32. The second-order valence-corrected chi connectivity index (χ2v) is 7.91. The van der Waals surface area contributed by atoms with Crippen molar-refractivity contribution in [3.63, 3.8) is 0 Å². The van der Waals surface area contributed by atoms with Gasteiger partial charge < -0.3 is 9.47 Å². The summed E-state index contributed by atoms with van der Waals surface area (Å²) < 4.78 is 12.8. The molecule has 1 saturated heterocycles. The number of H-pyrrole nitrogens is 1. The van der Waals surface area contributed by atoms with E-state index < -0.39 is 0 Å². The molecule has 0 radical (unpaired) electrons. The van der Waals surface area contributed by atoms with Crippen LogP contribution in [0.25, 0.3) is 0 Å². The first-order valence-electron chi connectivity index (χ1n) is 10.5. The maximum absolute atomic E-state index is 12.2. The van der Waals surface area contributed by atoms with Crippen LogP contribution in [0.4, 0.5) is 0 Å². The zero-order valence-electron chi connectivity index (χ0n) is 17.8. The Morgan fingerprint density at radius 1 is 1.00 bits per heavy atom. The van der Waals surface area contributed by atoms with Gasteiger partial charge in [0.2, 0.25) is 0 Å². The maximum atomic E-state index is 12.2. The molecule has 31 heavy (non-hydrogen) atoms. The van der Waals surface area contributed by atoms with Gasteiger partial charge >= 0.3 is 5.69 Å². The van der Waals surface area contributed by atoms with Crippen LogP contribution < -0.4 is 20.7 Å². The Hall–Kier alpha value is -3.32. The van der Waals surface area contributed by atoms with E-state index in [1.54, 1.807) is 24.8 Å². The van der Waals surface area contributed by atoms with Crippen LogP contribution in [0, 0.1) is 6.92 Å². The number of hydrogen-bond donors (Lipinski definition) is 1. The molecule has 2 heterocycles. The van der Waals surface area contributed by atoms with E-state index >= 15 is 0 Å². The van der Waals surface area contributed by atoms with Crippen molar-refractivity contribution in [1.29, 1.82) is 0 Å². The quantitative estimate of drug-likeness (QED) is 0.659. The fourth-order valence-corrected chi connectivity index (χ4v) is 3.96. The van der Waals surface area contributed by atoms with Crippen LogP contribution >= 0.6 is 0 Å². The summed E-state index contributed by atoms with van der Waals surface area (Å²) in [6.45, 7) is 4.33. The largest absolute Gasteiger partial charge is 0.497 e. The molecule has 2 aromatic carbocycles. The molecule has 0 unspecified atom stereocenters. The second-order valence-electron chi connectivity index (χ2n) is 7.91. The summed E-state index contributed by atoms with van der Waals surface area (Å²) in [5.41, 5.74) is 1.12. The van der Waals surface area contributed by atoms with Gasteiger partial charge in [-0.05, 0) is 61.7 Å². The Kier molecular flexibility index (Phi) is 6.23. The minimum atomic E-state index is -0.322. The van der Waals surface area contributed by atoms with Crippen molar-refractivity contribution in [2.75, 3.05) is 20.2 Å². The number of aryl methyl sites for hydroxylation is 1. The van der Waals surface area contributed by atoms with Crippen LogP contribution in [-0.2, 0) is 6.54 Å². The van der Waals surface area contributed by atoms with Crippen molar-refractivity contribution in [3.8, 4) is 17.2 Å². The molecule has 0 spiro atoms. The first-order chi connectivity index (χ1) is 15.0. The predicted octanol–water partition coefficient (Wildman–Crippen LogP) is 3.48. The maximum Gasteiger partial charge on any atom is 0.328 e. The van der Waals surface area contributed by atoms with Crippen molar-refractivity contribution in [2.24, 2.45) is 0 Å². The van der Waals surface area contributed by atoms with Gasteiger partial charge in [0.15, 0.2) is 0 Å². The number of methoxy groups -OCH3 is 1. The molecular weight excluding hydrogens is 394 g/mol. The highest BCUT2D eigenvalue weighted by molar-refractivity contribution is 5.36. The fraction of sp³-hybridized carbons (Fsp3) is 0.333. The molecule has 1 N–H and O–H groups in total. The Bertz CT molecular complexity index is 1140. The molecule has 0 amide bonds. The van der Waals surface area contributed by atoms with Crippen LogP contribution in [-0.4, -0.2) is 34.7 Å². The third-order valence-electron chi connectivity index (χ3n) is 5.70. The molecule has 162 valence electrons. The molecule has 4 rings (SSSR count). The van der Waals surface area contributed by atoms with E-state index in [9.17, 15) is 9.59 Å². The first kappa shape index (κ1) is 20.9.